The summed E-state index contributed by atoms with van der Waals surface area (Å²) in [7, 11) is 1.88. The molecule has 1 N–H and O–H groups in total. The van der Waals surface area contributed by atoms with Crippen LogP contribution in [0.5, 0.6) is 0 Å². The highest BCUT2D eigenvalue weighted by atomic mass is 32.2. The molecule has 1 atom stereocenters. The molecule has 2 aromatic carbocycles. The summed E-state index contributed by atoms with van der Waals surface area (Å²) in [5, 5.41) is 3.14. The van der Waals surface area contributed by atoms with E-state index in [4.69, 9.17) is 0 Å². The van der Waals surface area contributed by atoms with Crippen LogP contribution in [-0.4, -0.2) is 41.8 Å². The van der Waals surface area contributed by atoms with Crippen LogP contribution in [0.15, 0.2) is 47.4 Å². The normalized spacial score (nSPS) is 16.4. The van der Waals surface area contributed by atoms with Gasteiger partial charge >= 0.3 is 0 Å². The third-order valence-corrected chi connectivity index (χ3v) is 6.16. The number of carbonyl (C=O) groups excluding carboxylic acids is 1. The van der Waals surface area contributed by atoms with E-state index >= 15 is 0 Å². The van der Waals surface area contributed by atoms with Crippen LogP contribution < -0.4 is 5.32 Å². The van der Waals surface area contributed by atoms with Crippen molar-refractivity contribution in [1.82, 2.24) is 4.90 Å². The van der Waals surface area contributed by atoms with Crippen molar-refractivity contribution in [3.8, 4) is 0 Å². The lowest BCUT2D eigenvalue weighted by Gasteiger charge is -2.32. The molecule has 1 heterocycles. The van der Waals surface area contributed by atoms with Crippen molar-refractivity contribution in [3.63, 3.8) is 0 Å². The summed E-state index contributed by atoms with van der Waals surface area (Å²) >= 11 is -0.938. The Morgan fingerprint density at radius 3 is 2.38 bits per heavy atom. The number of nitrogens with one attached hydrogen (secondary N) is 1. The number of nitrogens with zero attached hydrogens (tertiary/aromatic N) is 1. The van der Waals surface area contributed by atoms with Crippen molar-refractivity contribution >= 4 is 22.8 Å². The molecule has 1 aliphatic rings. The molecule has 5 heteroatoms. The molecule has 0 aliphatic carbocycles. The molecule has 0 aromatic heterocycles. The largest absolute Gasteiger partial charge is 0.612 e. The maximum Gasteiger partial charge on any atom is 0.253 e. The first-order valence-corrected chi connectivity index (χ1v) is 10.6. The number of amides is 1. The molecule has 1 unspecified atom stereocenters. The van der Waals surface area contributed by atoms with Gasteiger partial charge in [-0.05, 0) is 72.3 Å². The van der Waals surface area contributed by atoms with Gasteiger partial charge in [-0.15, -0.1) is 0 Å². The van der Waals surface area contributed by atoms with Crippen molar-refractivity contribution in [2.75, 3.05) is 31.7 Å². The van der Waals surface area contributed by atoms with Crippen LogP contribution in [-0.2, 0) is 11.2 Å². The van der Waals surface area contributed by atoms with E-state index < -0.39 is 11.2 Å². The first-order valence-electron chi connectivity index (χ1n) is 9.00. The van der Waals surface area contributed by atoms with Crippen LogP contribution >= 0.6 is 0 Å². The zero-order valence-electron chi connectivity index (χ0n) is 15.6. The highest BCUT2D eigenvalue weighted by Crippen LogP contribution is 2.29. The van der Waals surface area contributed by atoms with Crippen molar-refractivity contribution in [2.45, 2.75) is 30.6 Å². The minimum Gasteiger partial charge on any atom is -0.612 e. The summed E-state index contributed by atoms with van der Waals surface area (Å²) in [5.74, 6) is 0.570. The first-order chi connectivity index (χ1) is 12.5. The van der Waals surface area contributed by atoms with E-state index in [1.54, 1.807) is 6.26 Å². The molecule has 0 bridgehead atoms. The van der Waals surface area contributed by atoms with Crippen LogP contribution in [0.25, 0.3) is 0 Å². The number of likely N-dealkylation sites (tertiary alicyclic amines) is 1. The smallest absolute Gasteiger partial charge is 0.253 e. The fraction of sp³-hybridized carbons (Fsp3) is 0.381. The summed E-state index contributed by atoms with van der Waals surface area (Å²) in [6.07, 6.45) is 3.62. The average Bonchev–Trinajstić information content (AvgIpc) is 2.68. The number of benzene rings is 2. The van der Waals surface area contributed by atoms with E-state index in [0.29, 0.717) is 5.92 Å². The number of rotatable bonds is 4. The van der Waals surface area contributed by atoms with E-state index in [-0.39, 0.29) is 5.91 Å². The molecule has 138 valence electrons. The maximum absolute atomic E-state index is 12.8. The zero-order valence-corrected chi connectivity index (χ0v) is 16.4. The highest BCUT2D eigenvalue weighted by molar-refractivity contribution is 7.90. The molecule has 4 nitrogen and oxygen atoms in total. The summed E-state index contributed by atoms with van der Waals surface area (Å²) in [5.41, 5.74) is 4.16. The van der Waals surface area contributed by atoms with E-state index in [1.165, 1.54) is 5.56 Å². The third kappa shape index (κ3) is 4.05. The van der Waals surface area contributed by atoms with Crippen molar-refractivity contribution in [2.24, 2.45) is 0 Å². The lowest BCUT2D eigenvalue weighted by Crippen LogP contribution is -2.37. The monoisotopic (exact) mass is 370 g/mol. The predicted molar refractivity (Wildman–Crippen MR) is 107 cm³/mol. The fourth-order valence-corrected chi connectivity index (χ4v) is 4.07. The minimum atomic E-state index is -0.938. The minimum absolute atomic E-state index is 0.108. The van der Waals surface area contributed by atoms with Gasteiger partial charge in [0.25, 0.3) is 5.91 Å². The van der Waals surface area contributed by atoms with Gasteiger partial charge in [-0.2, -0.15) is 0 Å². The van der Waals surface area contributed by atoms with Gasteiger partial charge in [0, 0.05) is 31.4 Å². The number of aryl methyl sites for hydroxylation is 1. The number of piperidine rings is 1. The van der Waals surface area contributed by atoms with Gasteiger partial charge in [0.1, 0.15) is 6.26 Å². The third-order valence-electron chi connectivity index (χ3n) is 5.22. The molecular formula is C21H26N2O2S. The van der Waals surface area contributed by atoms with Gasteiger partial charge in [0.05, 0.1) is 0 Å². The Morgan fingerprint density at radius 1 is 1.15 bits per heavy atom. The second-order valence-electron chi connectivity index (χ2n) is 6.87. The summed E-state index contributed by atoms with van der Waals surface area (Å²) < 4.78 is 11.5. The number of anilines is 1. The van der Waals surface area contributed by atoms with E-state index in [0.717, 1.165) is 47.6 Å². The Kier molecular flexibility index (Phi) is 5.89. The van der Waals surface area contributed by atoms with Crippen LogP contribution in [0.4, 0.5) is 5.69 Å². The lowest BCUT2D eigenvalue weighted by molar-refractivity contribution is 0.0713. The van der Waals surface area contributed by atoms with Crippen molar-refractivity contribution < 1.29 is 9.35 Å². The fourth-order valence-electron chi connectivity index (χ4n) is 3.55. The van der Waals surface area contributed by atoms with Gasteiger partial charge in [-0.1, -0.05) is 18.2 Å². The molecular weight excluding hydrogens is 344 g/mol. The molecule has 1 saturated heterocycles. The Labute approximate surface area is 158 Å². The number of hydrogen-bond donors (Lipinski definition) is 1. The van der Waals surface area contributed by atoms with E-state index in [9.17, 15) is 9.35 Å². The Bertz CT molecular complexity index is 766. The lowest BCUT2D eigenvalue weighted by atomic mass is 9.89. The molecule has 1 aliphatic heterocycles. The summed E-state index contributed by atoms with van der Waals surface area (Å²) in [6.45, 7) is 3.58. The Hall–Kier alpha value is -1.98. The second kappa shape index (κ2) is 8.14. The molecule has 0 radical (unpaired) electrons. The molecule has 0 saturated carbocycles. The molecule has 26 heavy (non-hydrogen) atoms. The van der Waals surface area contributed by atoms with Gasteiger partial charge < -0.3 is 14.8 Å². The predicted octanol–water partition coefficient (Wildman–Crippen LogP) is 3.79. The standard InChI is InChI=1S/C21H26N2O2S/c1-15-4-5-18(14-20(15)22-2)21(24)23-12-10-17(11-13-23)16-6-8-19(9-7-16)26(3)25/h4-9,14,17,22H,10-13H2,1-3H3. The topological polar surface area (TPSA) is 55.4 Å². The second-order valence-corrected chi connectivity index (χ2v) is 8.25. The van der Waals surface area contributed by atoms with Crippen molar-refractivity contribution in [3.05, 3.63) is 59.2 Å². The zero-order chi connectivity index (χ0) is 18.7. The molecule has 0 spiro atoms. The highest BCUT2D eigenvalue weighted by Gasteiger charge is 2.25. The molecule has 1 fully saturated rings. The van der Waals surface area contributed by atoms with Crippen LogP contribution in [0, 0.1) is 6.92 Å². The van der Waals surface area contributed by atoms with Crippen LogP contribution in [0.3, 0.4) is 0 Å². The number of carbonyl (C=O) groups is 1. The quantitative estimate of drug-likeness (QED) is 0.833. The SMILES string of the molecule is CNc1cc(C(=O)N2CCC(c3ccc([S+](C)[O-])cc3)CC2)ccc1C. The van der Waals surface area contributed by atoms with Crippen LogP contribution in [0.1, 0.15) is 40.2 Å². The molecule has 1 amide bonds. The molecule has 2 aromatic rings. The van der Waals surface area contributed by atoms with Gasteiger partial charge in [-0.3, -0.25) is 4.79 Å². The Morgan fingerprint density at radius 2 is 1.81 bits per heavy atom. The summed E-state index contributed by atoms with van der Waals surface area (Å²) in [4.78, 5) is 15.6. The van der Waals surface area contributed by atoms with Crippen molar-refractivity contribution in [1.29, 1.82) is 0 Å². The maximum atomic E-state index is 12.8. The average molecular weight is 371 g/mol. The van der Waals surface area contributed by atoms with Gasteiger partial charge in [0.2, 0.25) is 0 Å². The molecule has 3 rings (SSSR count). The number of hydrogen-bond acceptors (Lipinski definition) is 3. The summed E-state index contributed by atoms with van der Waals surface area (Å²) in [6, 6.07) is 13.9. The Balaban J connectivity index is 1.63. The van der Waals surface area contributed by atoms with E-state index in [1.807, 2.05) is 49.2 Å². The first kappa shape index (κ1) is 18.8. The van der Waals surface area contributed by atoms with E-state index in [2.05, 4.69) is 17.4 Å². The van der Waals surface area contributed by atoms with Gasteiger partial charge in [0.15, 0.2) is 4.90 Å². The van der Waals surface area contributed by atoms with Gasteiger partial charge in [-0.25, -0.2) is 0 Å². The van der Waals surface area contributed by atoms with Crippen LogP contribution in [0.2, 0.25) is 0 Å².